The van der Waals surface area contributed by atoms with E-state index in [2.05, 4.69) is 20.6 Å². The second-order valence-corrected chi connectivity index (χ2v) is 7.97. The van der Waals surface area contributed by atoms with Crippen LogP contribution in [0, 0.1) is 0 Å². The minimum Gasteiger partial charge on any atom is -0.366 e. The maximum atomic E-state index is 13.2. The van der Waals surface area contributed by atoms with Gasteiger partial charge in [-0.05, 0) is 37.6 Å². The maximum Gasteiger partial charge on any atom is 0.408 e. The highest BCUT2D eigenvalue weighted by Crippen LogP contribution is 2.39. The molecule has 0 spiro atoms. The van der Waals surface area contributed by atoms with Crippen molar-refractivity contribution >= 4 is 35.2 Å². The van der Waals surface area contributed by atoms with Gasteiger partial charge in [-0.15, -0.1) is 0 Å². The van der Waals surface area contributed by atoms with Crippen molar-refractivity contribution in [1.82, 2.24) is 20.6 Å². The molecule has 4 rings (SSSR count). The van der Waals surface area contributed by atoms with Gasteiger partial charge in [-0.2, -0.15) is 13.2 Å². The third-order valence-electron chi connectivity index (χ3n) is 5.73. The highest BCUT2D eigenvalue weighted by Gasteiger charge is 2.41. The molecule has 1 fully saturated rings. The Bertz CT molecular complexity index is 1140. The van der Waals surface area contributed by atoms with Crippen LogP contribution in [-0.2, 0) is 0 Å². The lowest BCUT2D eigenvalue weighted by Crippen LogP contribution is -2.49. The average Bonchev–Trinajstić information content (AvgIpc) is 3.21. The third-order valence-corrected chi connectivity index (χ3v) is 5.73. The quantitative estimate of drug-likeness (QED) is 0.621. The molecule has 2 bridgehead atoms. The zero-order valence-electron chi connectivity index (χ0n) is 18.3. The number of pyridine rings is 2. The number of anilines is 3. The van der Waals surface area contributed by atoms with Crippen molar-refractivity contribution in [3.05, 3.63) is 41.7 Å². The molecule has 0 radical (unpaired) electrons. The number of amides is 4. The first-order valence-electron chi connectivity index (χ1n) is 10.5. The van der Waals surface area contributed by atoms with E-state index in [4.69, 9.17) is 0 Å². The van der Waals surface area contributed by atoms with Gasteiger partial charge in [0.1, 0.15) is 17.6 Å². The van der Waals surface area contributed by atoms with Crippen LogP contribution in [0.5, 0.6) is 0 Å². The molecule has 4 amide bonds. The first-order chi connectivity index (χ1) is 16.1. The lowest BCUT2D eigenvalue weighted by atomic mass is 10.1. The monoisotopic (exact) mass is 477 g/mol. The number of nitrogens with one attached hydrogen (secondary N) is 3. The predicted octanol–water partition coefficient (Wildman–Crippen LogP) is 2.15. The minimum absolute atomic E-state index is 0.140. The van der Waals surface area contributed by atoms with E-state index in [1.54, 1.807) is 6.07 Å². The number of aromatic nitrogens is 2. The van der Waals surface area contributed by atoms with Crippen molar-refractivity contribution in [1.29, 1.82) is 0 Å². The highest BCUT2D eigenvalue weighted by molar-refractivity contribution is 6.05. The number of rotatable bonds is 4. The summed E-state index contributed by atoms with van der Waals surface area (Å²) in [6.45, 7) is 2.04. The fourth-order valence-electron chi connectivity index (χ4n) is 3.90. The summed E-state index contributed by atoms with van der Waals surface area (Å²) in [5.41, 5.74) is 0.654. The summed E-state index contributed by atoms with van der Waals surface area (Å²) in [6, 6.07) is 2.92. The second kappa shape index (κ2) is 8.80. The summed E-state index contributed by atoms with van der Waals surface area (Å²) < 4.78 is 38.6. The van der Waals surface area contributed by atoms with Crippen LogP contribution in [0.2, 0.25) is 0 Å². The van der Waals surface area contributed by atoms with Crippen molar-refractivity contribution in [3.8, 4) is 0 Å². The Labute approximate surface area is 192 Å². The number of halogens is 3. The van der Waals surface area contributed by atoms with Gasteiger partial charge in [-0.1, -0.05) is 0 Å². The summed E-state index contributed by atoms with van der Waals surface area (Å²) in [5, 5.41) is 7.01. The summed E-state index contributed by atoms with van der Waals surface area (Å²) in [4.78, 5) is 49.2. The van der Waals surface area contributed by atoms with Crippen molar-refractivity contribution in [2.24, 2.45) is 0 Å². The Morgan fingerprint density at radius 3 is 2.65 bits per heavy atom. The fraction of sp³-hybridized carbons (Fsp3) is 0.381. The van der Waals surface area contributed by atoms with Crippen molar-refractivity contribution in [2.75, 3.05) is 35.3 Å². The fourth-order valence-corrected chi connectivity index (χ4v) is 3.90. The van der Waals surface area contributed by atoms with Gasteiger partial charge >= 0.3 is 12.2 Å². The first kappa shape index (κ1) is 23.3. The van der Waals surface area contributed by atoms with Gasteiger partial charge < -0.3 is 15.5 Å². The molecule has 4 heterocycles. The average molecular weight is 477 g/mol. The van der Waals surface area contributed by atoms with Crippen LogP contribution in [0.4, 0.5) is 35.3 Å². The van der Waals surface area contributed by atoms with Gasteiger partial charge in [0.2, 0.25) is 0 Å². The molecule has 2 aromatic heterocycles. The Morgan fingerprint density at radius 1 is 1.18 bits per heavy atom. The molecule has 3 N–H and O–H groups in total. The molecule has 10 nitrogen and oxygen atoms in total. The molecule has 180 valence electrons. The number of hydrogen-bond acceptors (Lipinski definition) is 6. The number of alkyl halides is 3. The topological polar surface area (TPSA) is 120 Å². The van der Waals surface area contributed by atoms with E-state index in [1.807, 2.05) is 10.2 Å². The molecule has 2 aromatic rings. The number of fused-ring (bicyclic) bond motifs is 4. The van der Waals surface area contributed by atoms with E-state index in [0.717, 1.165) is 6.92 Å². The summed E-state index contributed by atoms with van der Waals surface area (Å²) in [5.74, 6) is -1.04. The molecule has 13 heteroatoms. The molecule has 34 heavy (non-hydrogen) atoms. The van der Waals surface area contributed by atoms with Gasteiger partial charge in [0.05, 0.1) is 11.7 Å². The molecule has 1 saturated heterocycles. The van der Waals surface area contributed by atoms with E-state index in [9.17, 15) is 27.6 Å². The number of nitrogens with zero attached hydrogens (tertiary/aromatic N) is 4. The summed E-state index contributed by atoms with van der Waals surface area (Å²) >= 11 is 0. The van der Waals surface area contributed by atoms with E-state index < -0.39 is 24.2 Å². The molecular weight excluding hydrogens is 455 g/mol. The number of urea groups is 1. The van der Waals surface area contributed by atoms with Gasteiger partial charge in [-0.3, -0.25) is 19.8 Å². The van der Waals surface area contributed by atoms with E-state index in [0.29, 0.717) is 30.8 Å². The molecule has 1 unspecified atom stereocenters. The van der Waals surface area contributed by atoms with Crippen LogP contribution in [-0.4, -0.2) is 66.2 Å². The number of carbonyl (C=O) groups is 3. The normalized spacial score (nSPS) is 17.6. The standard InChI is InChI=1S/C21H22F3N7O3/c1-11(21(22,23)24)27-19(33)14-3-4-15-17(28-14)31(13-6-8-30(15)10-13)20(34)29-16-9-12(5-7-26-16)18(32)25-2/h3-5,7,9,11,13H,6,8,10H2,1-2H3,(H,25,32)(H,27,33)(H,26,29,34)/t11?,13-/m0/s1. The third kappa shape index (κ3) is 4.45. The molecule has 2 atom stereocenters. The summed E-state index contributed by atoms with van der Waals surface area (Å²) in [6.07, 6.45) is -2.58. The molecule has 0 aromatic carbocycles. The zero-order chi connectivity index (χ0) is 24.6. The maximum absolute atomic E-state index is 13.2. The highest BCUT2D eigenvalue weighted by atomic mass is 19.4. The van der Waals surface area contributed by atoms with E-state index >= 15 is 0 Å². The van der Waals surface area contributed by atoms with Crippen molar-refractivity contribution in [2.45, 2.75) is 31.6 Å². The van der Waals surface area contributed by atoms with Crippen LogP contribution in [0.15, 0.2) is 30.5 Å². The Hall–Kier alpha value is -3.90. The van der Waals surface area contributed by atoms with E-state index in [-0.39, 0.29) is 29.3 Å². The van der Waals surface area contributed by atoms with Crippen molar-refractivity contribution in [3.63, 3.8) is 0 Å². The van der Waals surface area contributed by atoms with E-state index in [1.165, 1.54) is 36.3 Å². The molecule has 0 aliphatic carbocycles. The molecular formula is C21H22F3N7O3. The van der Waals surface area contributed by atoms with Crippen LogP contribution in [0.1, 0.15) is 34.2 Å². The SMILES string of the molecule is CNC(=O)c1ccnc(NC(=O)N2c3nc(C(=O)NC(C)C(F)(F)F)ccc3N3CC[C@H]2C3)c1. The molecule has 0 saturated carbocycles. The Kier molecular flexibility index (Phi) is 6.02. The first-order valence-corrected chi connectivity index (χ1v) is 10.5. The number of carbonyl (C=O) groups excluding carboxylic acids is 3. The van der Waals surface area contributed by atoms with Gasteiger partial charge in [-0.25, -0.2) is 14.8 Å². The van der Waals surface area contributed by atoms with Crippen molar-refractivity contribution < 1.29 is 27.6 Å². The largest absolute Gasteiger partial charge is 0.408 e. The Morgan fingerprint density at radius 2 is 1.94 bits per heavy atom. The molecule has 2 aliphatic heterocycles. The van der Waals surface area contributed by atoms with Crippen LogP contribution in [0.3, 0.4) is 0 Å². The number of hydrogen-bond donors (Lipinski definition) is 3. The van der Waals surface area contributed by atoms with Crippen LogP contribution in [0.25, 0.3) is 0 Å². The second-order valence-electron chi connectivity index (χ2n) is 7.97. The smallest absolute Gasteiger partial charge is 0.366 e. The van der Waals surface area contributed by atoms with Gasteiger partial charge in [0, 0.05) is 31.9 Å². The lowest BCUT2D eigenvalue weighted by Gasteiger charge is -2.35. The predicted molar refractivity (Wildman–Crippen MR) is 117 cm³/mol. The summed E-state index contributed by atoms with van der Waals surface area (Å²) in [7, 11) is 1.48. The van der Waals surface area contributed by atoms with Gasteiger partial charge in [0.15, 0.2) is 5.82 Å². The molecule has 2 aliphatic rings. The van der Waals surface area contributed by atoms with Crippen LogP contribution >= 0.6 is 0 Å². The Balaban J connectivity index is 1.61. The van der Waals surface area contributed by atoms with Gasteiger partial charge in [0.25, 0.3) is 11.8 Å². The zero-order valence-corrected chi connectivity index (χ0v) is 18.3. The minimum atomic E-state index is -4.60. The van der Waals surface area contributed by atoms with Crippen LogP contribution < -0.4 is 25.8 Å². The lowest BCUT2D eigenvalue weighted by molar-refractivity contribution is -0.149.